The summed E-state index contributed by atoms with van der Waals surface area (Å²) in [5.74, 6) is 0.752. The summed E-state index contributed by atoms with van der Waals surface area (Å²) in [6.45, 7) is 8.57. The van der Waals surface area contributed by atoms with Crippen LogP contribution in [0.5, 0.6) is 0 Å². The molecule has 0 bridgehead atoms. The monoisotopic (exact) mass is 205 g/mol. The van der Waals surface area contributed by atoms with Gasteiger partial charge in [0.2, 0.25) is 0 Å². The molecule has 80 valence electrons. The molecule has 2 nitrogen and oxygen atoms in total. The highest BCUT2D eigenvalue weighted by Crippen LogP contribution is 1.99. The molecule has 3 unspecified atom stereocenters. The average Bonchev–Trinajstić information content (AvgIpc) is 2.11. The van der Waals surface area contributed by atoms with Gasteiger partial charge in [0.1, 0.15) is 0 Å². The molecular weight excluding hydrogens is 182 g/mol. The Morgan fingerprint density at radius 2 is 2.00 bits per heavy atom. The van der Waals surface area contributed by atoms with Gasteiger partial charge in [-0.1, -0.05) is 27.2 Å². The highest BCUT2D eigenvalue weighted by atomic mass is 32.2. The second-order valence-electron chi connectivity index (χ2n) is 3.82. The first-order valence-electron chi connectivity index (χ1n) is 5.10. The van der Waals surface area contributed by atoms with Gasteiger partial charge < -0.3 is 5.32 Å². The maximum absolute atomic E-state index is 11.0. The number of hydrogen-bond donors (Lipinski definition) is 1. The standard InChI is InChI=1S/C10H23NOS/c1-5-9(2)8-11-7-6-10(3)13(4)12/h9-11H,5-8H2,1-4H3. The van der Waals surface area contributed by atoms with Crippen molar-refractivity contribution in [2.45, 2.75) is 38.9 Å². The second kappa shape index (κ2) is 7.51. The van der Waals surface area contributed by atoms with Crippen LogP contribution in [0.15, 0.2) is 0 Å². The predicted octanol–water partition coefficient (Wildman–Crippen LogP) is 1.78. The normalized spacial score (nSPS) is 18.2. The molecule has 0 heterocycles. The van der Waals surface area contributed by atoms with Crippen molar-refractivity contribution in [3.8, 4) is 0 Å². The summed E-state index contributed by atoms with van der Waals surface area (Å²) in [6.07, 6.45) is 4.02. The van der Waals surface area contributed by atoms with E-state index in [0.29, 0.717) is 5.25 Å². The van der Waals surface area contributed by atoms with Crippen LogP contribution in [0.3, 0.4) is 0 Å². The Hall–Kier alpha value is 0.110. The predicted molar refractivity (Wildman–Crippen MR) is 60.5 cm³/mol. The minimum atomic E-state index is -0.666. The molecule has 0 aromatic rings. The fraction of sp³-hybridized carbons (Fsp3) is 1.00. The minimum absolute atomic E-state index is 0.324. The zero-order valence-corrected chi connectivity index (χ0v) is 10.1. The van der Waals surface area contributed by atoms with Crippen LogP contribution < -0.4 is 5.32 Å². The highest BCUT2D eigenvalue weighted by molar-refractivity contribution is 7.84. The first-order chi connectivity index (χ1) is 6.07. The minimum Gasteiger partial charge on any atom is -0.316 e. The van der Waals surface area contributed by atoms with Crippen LogP contribution in [0.25, 0.3) is 0 Å². The molecule has 0 aliphatic rings. The molecule has 0 aliphatic heterocycles. The fourth-order valence-electron chi connectivity index (χ4n) is 0.964. The summed E-state index contributed by atoms with van der Waals surface area (Å²) in [6, 6.07) is 0. The molecule has 0 saturated heterocycles. The van der Waals surface area contributed by atoms with Crippen LogP contribution in [0, 0.1) is 5.92 Å². The maximum Gasteiger partial charge on any atom is 0.0329 e. The number of rotatable bonds is 7. The van der Waals surface area contributed by atoms with Gasteiger partial charge in [0, 0.05) is 22.3 Å². The lowest BCUT2D eigenvalue weighted by Gasteiger charge is -2.12. The topological polar surface area (TPSA) is 29.1 Å². The summed E-state index contributed by atoms with van der Waals surface area (Å²) in [5, 5.41) is 3.71. The quantitative estimate of drug-likeness (QED) is 0.642. The van der Waals surface area contributed by atoms with E-state index in [4.69, 9.17) is 0 Å². The van der Waals surface area contributed by atoms with Gasteiger partial charge in [-0.25, -0.2) is 0 Å². The van der Waals surface area contributed by atoms with Crippen molar-refractivity contribution in [2.75, 3.05) is 19.3 Å². The Labute approximate surface area is 84.9 Å². The number of nitrogens with one attached hydrogen (secondary N) is 1. The van der Waals surface area contributed by atoms with Gasteiger partial charge in [-0.15, -0.1) is 0 Å². The Morgan fingerprint density at radius 3 is 2.46 bits per heavy atom. The van der Waals surface area contributed by atoms with E-state index in [1.807, 2.05) is 6.92 Å². The van der Waals surface area contributed by atoms with Gasteiger partial charge in [-0.05, 0) is 25.4 Å². The summed E-state index contributed by atoms with van der Waals surface area (Å²) in [7, 11) is -0.666. The van der Waals surface area contributed by atoms with E-state index in [-0.39, 0.29) is 0 Å². The Morgan fingerprint density at radius 1 is 1.38 bits per heavy atom. The molecule has 0 radical (unpaired) electrons. The Kier molecular flexibility index (Phi) is 7.57. The van der Waals surface area contributed by atoms with Gasteiger partial charge >= 0.3 is 0 Å². The van der Waals surface area contributed by atoms with Crippen molar-refractivity contribution in [3.05, 3.63) is 0 Å². The molecule has 0 spiro atoms. The molecule has 0 rings (SSSR count). The smallest absolute Gasteiger partial charge is 0.0329 e. The molecular formula is C10H23NOS. The lowest BCUT2D eigenvalue weighted by Crippen LogP contribution is -2.25. The van der Waals surface area contributed by atoms with E-state index in [1.165, 1.54) is 6.42 Å². The van der Waals surface area contributed by atoms with Crippen LogP contribution in [-0.2, 0) is 10.8 Å². The SMILES string of the molecule is CCC(C)CNCCC(C)S(C)=O. The van der Waals surface area contributed by atoms with Crippen molar-refractivity contribution in [2.24, 2.45) is 5.92 Å². The van der Waals surface area contributed by atoms with Crippen molar-refractivity contribution in [1.82, 2.24) is 5.32 Å². The van der Waals surface area contributed by atoms with Crippen LogP contribution >= 0.6 is 0 Å². The largest absolute Gasteiger partial charge is 0.316 e. The molecule has 0 fully saturated rings. The van der Waals surface area contributed by atoms with Crippen LogP contribution in [0.4, 0.5) is 0 Å². The van der Waals surface area contributed by atoms with Crippen molar-refractivity contribution >= 4 is 10.8 Å². The van der Waals surface area contributed by atoms with Crippen LogP contribution in [0.2, 0.25) is 0 Å². The second-order valence-corrected chi connectivity index (χ2v) is 5.62. The molecule has 0 amide bonds. The molecule has 1 N–H and O–H groups in total. The van der Waals surface area contributed by atoms with E-state index < -0.39 is 10.8 Å². The van der Waals surface area contributed by atoms with E-state index in [9.17, 15) is 4.21 Å². The fourth-order valence-corrected chi connectivity index (χ4v) is 1.41. The Balaban J connectivity index is 3.30. The third-order valence-electron chi connectivity index (χ3n) is 2.48. The third kappa shape index (κ3) is 7.20. The average molecular weight is 205 g/mol. The Bertz CT molecular complexity index is 150. The van der Waals surface area contributed by atoms with Gasteiger partial charge in [-0.2, -0.15) is 0 Å². The summed E-state index contributed by atoms with van der Waals surface area (Å²) < 4.78 is 11.0. The molecule has 0 aromatic carbocycles. The summed E-state index contributed by atoms with van der Waals surface area (Å²) in [5.41, 5.74) is 0. The first kappa shape index (κ1) is 13.1. The summed E-state index contributed by atoms with van der Waals surface area (Å²) in [4.78, 5) is 0. The van der Waals surface area contributed by atoms with Crippen molar-refractivity contribution in [3.63, 3.8) is 0 Å². The van der Waals surface area contributed by atoms with Crippen LogP contribution in [-0.4, -0.2) is 28.8 Å². The van der Waals surface area contributed by atoms with Crippen molar-refractivity contribution < 1.29 is 4.21 Å². The van der Waals surface area contributed by atoms with Gasteiger partial charge in [0.15, 0.2) is 0 Å². The van der Waals surface area contributed by atoms with E-state index >= 15 is 0 Å². The van der Waals surface area contributed by atoms with Gasteiger partial charge in [0.05, 0.1) is 0 Å². The molecule has 0 aromatic heterocycles. The van der Waals surface area contributed by atoms with Crippen LogP contribution in [0.1, 0.15) is 33.6 Å². The lowest BCUT2D eigenvalue weighted by atomic mass is 10.1. The number of hydrogen-bond acceptors (Lipinski definition) is 2. The summed E-state index contributed by atoms with van der Waals surface area (Å²) >= 11 is 0. The molecule has 0 aliphatic carbocycles. The molecule has 3 heteroatoms. The van der Waals surface area contributed by atoms with Gasteiger partial charge in [0.25, 0.3) is 0 Å². The lowest BCUT2D eigenvalue weighted by molar-refractivity contribution is 0.494. The van der Waals surface area contributed by atoms with E-state index in [0.717, 1.165) is 25.4 Å². The van der Waals surface area contributed by atoms with Gasteiger partial charge in [-0.3, -0.25) is 4.21 Å². The molecule has 0 saturated carbocycles. The first-order valence-corrected chi connectivity index (χ1v) is 6.73. The maximum atomic E-state index is 11.0. The highest BCUT2D eigenvalue weighted by Gasteiger charge is 2.05. The van der Waals surface area contributed by atoms with E-state index in [1.54, 1.807) is 6.26 Å². The van der Waals surface area contributed by atoms with E-state index in [2.05, 4.69) is 19.2 Å². The molecule has 13 heavy (non-hydrogen) atoms. The van der Waals surface area contributed by atoms with Crippen molar-refractivity contribution in [1.29, 1.82) is 0 Å². The third-order valence-corrected chi connectivity index (χ3v) is 3.85. The zero-order valence-electron chi connectivity index (χ0n) is 9.30. The molecule has 3 atom stereocenters. The zero-order chi connectivity index (χ0) is 10.3.